The highest BCUT2D eigenvalue weighted by Crippen LogP contribution is 2.52. The van der Waals surface area contributed by atoms with E-state index in [1.54, 1.807) is 6.92 Å². The van der Waals surface area contributed by atoms with Gasteiger partial charge in [-0.1, -0.05) is 6.92 Å². The van der Waals surface area contributed by atoms with Crippen molar-refractivity contribution < 1.29 is 41.8 Å². The standard InChI is InChI=1S/C22H28F4N4O5S/c1-9-14-13(10(2)28-18(31)17(23)24)20(33)30(14)15(21(34)35)16(9)36-11-7-12(27-8-11)19(32)29-5-3-22(25,26)4-6-29/h9-14,17,27H,3-8H2,1-2H3,(H,28,31)(H,34,35)/t9-,10?,11+,12+,13-,14-/m1/s1. The third-order valence-electron chi connectivity index (χ3n) is 7.39. The molecule has 0 bridgehead atoms. The molecule has 9 nitrogen and oxygen atoms in total. The average molecular weight is 537 g/mol. The molecule has 0 spiro atoms. The molecule has 4 rings (SSSR count). The van der Waals surface area contributed by atoms with Crippen molar-refractivity contribution in [2.24, 2.45) is 11.8 Å². The number of aliphatic carboxylic acids is 1. The molecule has 3 N–H and O–H groups in total. The fraction of sp³-hybridized carbons (Fsp3) is 0.727. The van der Waals surface area contributed by atoms with E-state index in [0.29, 0.717) is 17.9 Å². The Hall–Kier alpha value is -2.35. The van der Waals surface area contributed by atoms with Crippen LogP contribution >= 0.6 is 11.8 Å². The van der Waals surface area contributed by atoms with E-state index in [4.69, 9.17) is 0 Å². The maximum Gasteiger partial charge on any atom is 0.353 e. The maximum atomic E-state index is 13.4. The topological polar surface area (TPSA) is 119 Å². The molecule has 200 valence electrons. The number of carbonyl (C=O) groups excluding carboxylic acids is 3. The average Bonchev–Trinajstić information content (AvgIpc) is 3.35. The summed E-state index contributed by atoms with van der Waals surface area (Å²) in [5.74, 6) is -7.64. The molecule has 0 aromatic rings. The highest BCUT2D eigenvalue weighted by molar-refractivity contribution is 8.03. The number of hydrogen-bond donors (Lipinski definition) is 3. The number of thioether (sulfide) groups is 1. The van der Waals surface area contributed by atoms with Gasteiger partial charge in [-0.2, -0.15) is 8.78 Å². The second-order valence-corrected chi connectivity index (χ2v) is 11.1. The molecule has 0 saturated carbocycles. The number of rotatable bonds is 7. The Bertz CT molecular complexity index is 985. The molecule has 3 saturated heterocycles. The maximum absolute atomic E-state index is 13.4. The Morgan fingerprint density at radius 1 is 1.22 bits per heavy atom. The highest BCUT2D eigenvalue weighted by Gasteiger charge is 2.60. The third-order valence-corrected chi connectivity index (χ3v) is 8.90. The van der Waals surface area contributed by atoms with Gasteiger partial charge in [0.15, 0.2) is 0 Å². The van der Waals surface area contributed by atoms with E-state index in [1.165, 1.54) is 23.6 Å². The first-order chi connectivity index (χ1) is 16.8. The fourth-order valence-electron chi connectivity index (χ4n) is 5.51. The number of amides is 3. The van der Waals surface area contributed by atoms with Gasteiger partial charge in [0.2, 0.25) is 11.8 Å². The molecule has 4 aliphatic heterocycles. The quantitative estimate of drug-likeness (QED) is 0.331. The molecule has 0 aromatic heterocycles. The van der Waals surface area contributed by atoms with Gasteiger partial charge >= 0.3 is 12.4 Å². The van der Waals surface area contributed by atoms with Gasteiger partial charge in [-0.05, 0) is 13.3 Å². The minimum atomic E-state index is -3.23. The van der Waals surface area contributed by atoms with Crippen molar-refractivity contribution in [3.8, 4) is 0 Å². The Balaban J connectivity index is 1.42. The molecule has 4 aliphatic rings. The number of likely N-dealkylation sites (tertiary alicyclic amines) is 1. The first-order valence-corrected chi connectivity index (χ1v) is 12.7. The highest BCUT2D eigenvalue weighted by atomic mass is 32.2. The monoisotopic (exact) mass is 536 g/mol. The lowest BCUT2D eigenvalue weighted by Crippen LogP contribution is -2.66. The van der Waals surface area contributed by atoms with E-state index in [9.17, 15) is 41.8 Å². The number of halogens is 4. The molecule has 6 atom stereocenters. The van der Waals surface area contributed by atoms with Crippen molar-refractivity contribution in [1.29, 1.82) is 0 Å². The molecule has 36 heavy (non-hydrogen) atoms. The molecular formula is C22H28F4N4O5S. The number of carboxylic acid groups (broad SMARTS) is 1. The lowest BCUT2D eigenvalue weighted by atomic mass is 9.78. The van der Waals surface area contributed by atoms with Crippen LogP contribution < -0.4 is 10.6 Å². The van der Waals surface area contributed by atoms with Crippen molar-refractivity contribution in [2.75, 3.05) is 19.6 Å². The van der Waals surface area contributed by atoms with Crippen LogP contribution in [0.1, 0.15) is 33.1 Å². The van der Waals surface area contributed by atoms with Crippen molar-refractivity contribution in [1.82, 2.24) is 20.4 Å². The van der Waals surface area contributed by atoms with Crippen LogP contribution in [-0.2, 0) is 19.2 Å². The molecule has 3 amide bonds. The Morgan fingerprint density at radius 3 is 2.44 bits per heavy atom. The van der Waals surface area contributed by atoms with Gasteiger partial charge in [-0.25, -0.2) is 13.6 Å². The predicted octanol–water partition coefficient (Wildman–Crippen LogP) is 1.25. The van der Waals surface area contributed by atoms with E-state index < -0.39 is 60.1 Å². The molecule has 3 fully saturated rings. The number of fused-ring (bicyclic) bond motifs is 1. The van der Waals surface area contributed by atoms with Gasteiger partial charge in [-0.3, -0.25) is 14.4 Å². The summed E-state index contributed by atoms with van der Waals surface area (Å²) in [4.78, 5) is 52.1. The third kappa shape index (κ3) is 4.81. The summed E-state index contributed by atoms with van der Waals surface area (Å²) in [6.07, 6.45) is -3.62. The summed E-state index contributed by atoms with van der Waals surface area (Å²) >= 11 is 1.25. The lowest BCUT2D eigenvalue weighted by Gasteiger charge is -2.47. The van der Waals surface area contributed by atoms with E-state index in [-0.39, 0.29) is 42.8 Å². The van der Waals surface area contributed by atoms with Crippen LogP contribution in [0.3, 0.4) is 0 Å². The Labute approximate surface area is 209 Å². The SMILES string of the molecule is CC(NC(=O)C(F)F)[C@H]1C(=O)N2C(C(=O)O)=C(S[C@@H]3CN[C@H](C(=O)N4CCC(F)(F)CC4)C3)[C@H](C)[C@H]12. The van der Waals surface area contributed by atoms with Crippen molar-refractivity contribution in [3.05, 3.63) is 10.6 Å². The van der Waals surface area contributed by atoms with Crippen LogP contribution in [0.4, 0.5) is 17.6 Å². The molecule has 1 unspecified atom stereocenters. The molecule has 0 radical (unpaired) electrons. The minimum Gasteiger partial charge on any atom is -0.477 e. The zero-order valence-corrected chi connectivity index (χ0v) is 20.5. The van der Waals surface area contributed by atoms with E-state index in [1.807, 2.05) is 0 Å². The number of β-lactam (4-membered cyclic amide) rings is 1. The van der Waals surface area contributed by atoms with Gasteiger partial charge in [-0.15, -0.1) is 11.8 Å². The van der Waals surface area contributed by atoms with E-state index >= 15 is 0 Å². The van der Waals surface area contributed by atoms with Crippen LogP contribution in [0.5, 0.6) is 0 Å². The summed E-state index contributed by atoms with van der Waals surface area (Å²) in [5, 5.41) is 14.9. The van der Waals surface area contributed by atoms with Gasteiger partial charge in [0.05, 0.1) is 18.0 Å². The Kier molecular flexibility index (Phi) is 7.30. The molecule has 0 aromatic carbocycles. The van der Waals surface area contributed by atoms with Gasteiger partial charge < -0.3 is 25.5 Å². The number of alkyl halides is 4. The van der Waals surface area contributed by atoms with Crippen LogP contribution in [-0.4, -0.2) is 94.0 Å². The largest absolute Gasteiger partial charge is 0.477 e. The summed E-state index contributed by atoms with van der Waals surface area (Å²) in [7, 11) is 0. The zero-order valence-electron chi connectivity index (χ0n) is 19.7. The van der Waals surface area contributed by atoms with Crippen molar-refractivity contribution in [3.63, 3.8) is 0 Å². The molecular weight excluding hydrogens is 508 g/mol. The number of nitrogens with zero attached hydrogens (tertiary/aromatic N) is 2. The van der Waals surface area contributed by atoms with Gasteiger partial charge in [0, 0.05) is 54.6 Å². The van der Waals surface area contributed by atoms with Gasteiger partial charge in [0.1, 0.15) is 5.70 Å². The van der Waals surface area contributed by atoms with Crippen LogP contribution in [0.25, 0.3) is 0 Å². The smallest absolute Gasteiger partial charge is 0.353 e. The first kappa shape index (κ1) is 26.7. The summed E-state index contributed by atoms with van der Waals surface area (Å²) in [6.45, 7) is 3.53. The number of hydrogen-bond acceptors (Lipinski definition) is 6. The summed E-state index contributed by atoms with van der Waals surface area (Å²) < 4.78 is 52.2. The molecule has 0 aliphatic carbocycles. The van der Waals surface area contributed by atoms with Crippen molar-refractivity contribution >= 4 is 35.5 Å². The Morgan fingerprint density at radius 2 is 1.86 bits per heavy atom. The minimum absolute atomic E-state index is 0.0202. The fourth-order valence-corrected chi connectivity index (χ4v) is 6.99. The second kappa shape index (κ2) is 9.84. The molecule has 14 heteroatoms. The van der Waals surface area contributed by atoms with Crippen molar-refractivity contribution in [2.45, 2.75) is 68.8 Å². The zero-order chi connectivity index (χ0) is 26.5. The molecule has 4 heterocycles. The van der Waals surface area contributed by atoms with Gasteiger partial charge in [0.25, 0.3) is 11.8 Å². The van der Waals surface area contributed by atoms with Crippen LogP contribution in [0.2, 0.25) is 0 Å². The second-order valence-electron chi connectivity index (χ2n) is 9.75. The lowest BCUT2D eigenvalue weighted by molar-refractivity contribution is -0.159. The summed E-state index contributed by atoms with van der Waals surface area (Å²) in [5.41, 5.74) is -0.167. The van der Waals surface area contributed by atoms with E-state index in [2.05, 4.69) is 10.6 Å². The number of nitrogens with one attached hydrogen (secondary N) is 2. The number of carbonyl (C=O) groups is 4. The van der Waals surface area contributed by atoms with E-state index in [0.717, 1.165) is 4.90 Å². The number of carboxylic acids is 1. The van der Waals surface area contributed by atoms with Crippen LogP contribution in [0, 0.1) is 11.8 Å². The number of piperidine rings is 1. The normalized spacial score (nSPS) is 32.4. The predicted molar refractivity (Wildman–Crippen MR) is 120 cm³/mol. The summed E-state index contributed by atoms with van der Waals surface area (Å²) in [6, 6.07) is -2.08. The van der Waals surface area contributed by atoms with Crippen LogP contribution in [0.15, 0.2) is 10.6 Å². The first-order valence-electron chi connectivity index (χ1n) is 11.8.